The lowest BCUT2D eigenvalue weighted by Gasteiger charge is -2.07. The standard InChI is InChI=1S/C22H17FO4/c1-14-3-4-18(13-20(14)23)15-5-7-17(8-6-15)22(25)27-19-11-9-16(10-12-19)21(24)26-2/h3-13H,1-2H3. The second kappa shape index (κ2) is 7.83. The van der Waals surface area contributed by atoms with E-state index in [-0.39, 0.29) is 5.82 Å². The summed E-state index contributed by atoms with van der Waals surface area (Å²) >= 11 is 0. The Kier molecular flexibility index (Phi) is 5.31. The van der Waals surface area contributed by atoms with Crippen LogP contribution in [-0.2, 0) is 4.74 Å². The average Bonchev–Trinajstić information content (AvgIpc) is 2.70. The van der Waals surface area contributed by atoms with Crippen molar-refractivity contribution in [3.05, 3.63) is 89.2 Å². The third kappa shape index (κ3) is 4.20. The van der Waals surface area contributed by atoms with Gasteiger partial charge in [-0.05, 0) is 66.1 Å². The van der Waals surface area contributed by atoms with Crippen molar-refractivity contribution in [3.63, 3.8) is 0 Å². The molecule has 0 aromatic heterocycles. The number of benzene rings is 3. The Balaban J connectivity index is 1.72. The molecular formula is C22H17FO4. The van der Waals surface area contributed by atoms with Crippen LogP contribution in [0.25, 0.3) is 11.1 Å². The lowest BCUT2D eigenvalue weighted by molar-refractivity contribution is 0.0600. The normalized spacial score (nSPS) is 10.3. The lowest BCUT2D eigenvalue weighted by Crippen LogP contribution is -2.08. The summed E-state index contributed by atoms with van der Waals surface area (Å²) in [5.41, 5.74) is 2.84. The SMILES string of the molecule is COC(=O)c1ccc(OC(=O)c2ccc(-c3ccc(C)c(F)c3)cc2)cc1. The molecule has 0 bridgehead atoms. The molecule has 136 valence electrons. The Hall–Kier alpha value is -3.47. The van der Waals surface area contributed by atoms with Crippen molar-refractivity contribution in [2.45, 2.75) is 6.92 Å². The summed E-state index contributed by atoms with van der Waals surface area (Å²) in [7, 11) is 1.30. The van der Waals surface area contributed by atoms with Crippen molar-refractivity contribution in [2.24, 2.45) is 0 Å². The number of hydrogen-bond acceptors (Lipinski definition) is 4. The minimum absolute atomic E-state index is 0.272. The molecule has 0 radical (unpaired) electrons. The van der Waals surface area contributed by atoms with Crippen LogP contribution < -0.4 is 4.74 Å². The summed E-state index contributed by atoms with van der Waals surface area (Å²) in [5, 5.41) is 0. The van der Waals surface area contributed by atoms with Gasteiger partial charge in [0.15, 0.2) is 0 Å². The number of carbonyl (C=O) groups is 2. The van der Waals surface area contributed by atoms with E-state index in [0.717, 1.165) is 11.1 Å². The topological polar surface area (TPSA) is 52.6 Å². The Morgan fingerprint density at radius 1 is 0.778 bits per heavy atom. The van der Waals surface area contributed by atoms with E-state index < -0.39 is 11.9 Å². The molecule has 0 heterocycles. The number of methoxy groups -OCH3 is 1. The van der Waals surface area contributed by atoms with E-state index in [1.165, 1.54) is 37.4 Å². The minimum atomic E-state index is -0.526. The van der Waals surface area contributed by atoms with Gasteiger partial charge in [-0.3, -0.25) is 0 Å². The van der Waals surface area contributed by atoms with E-state index in [4.69, 9.17) is 4.74 Å². The molecular weight excluding hydrogens is 347 g/mol. The van der Waals surface area contributed by atoms with Crippen LogP contribution >= 0.6 is 0 Å². The van der Waals surface area contributed by atoms with Crippen molar-refractivity contribution in [1.82, 2.24) is 0 Å². The Bertz CT molecular complexity index is 976. The molecule has 0 spiro atoms. The zero-order chi connectivity index (χ0) is 19.4. The number of rotatable bonds is 4. The molecule has 0 amide bonds. The van der Waals surface area contributed by atoms with E-state index >= 15 is 0 Å². The number of ether oxygens (including phenoxy) is 2. The highest BCUT2D eigenvalue weighted by Crippen LogP contribution is 2.23. The van der Waals surface area contributed by atoms with Gasteiger partial charge in [0.2, 0.25) is 0 Å². The highest BCUT2D eigenvalue weighted by molar-refractivity contribution is 5.92. The molecule has 5 heteroatoms. The number of esters is 2. The molecule has 0 aliphatic heterocycles. The summed E-state index contributed by atoms with van der Waals surface area (Å²) in [4.78, 5) is 23.7. The quantitative estimate of drug-likeness (QED) is 0.493. The fraction of sp³-hybridized carbons (Fsp3) is 0.0909. The average molecular weight is 364 g/mol. The lowest BCUT2D eigenvalue weighted by atomic mass is 10.0. The van der Waals surface area contributed by atoms with Crippen LogP contribution in [0.15, 0.2) is 66.7 Å². The molecule has 27 heavy (non-hydrogen) atoms. The first-order valence-corrected chi connectivity index (χ1v) is 8.25. The zero-order valence-electron chi connectivity index (χ0n) is 14.9. The number of hydrogen-bond donors (Lipinski definition) is 0. The van der Waals surface area contributed by atoms with Gasteiger partial charge in [-0.1, -0.05) is 24.3 Å². The van der Waals surface area contributed by atoms with E-state index in [2.05, 4.69) is 4.74 Å². The highest BCUT2D eigenvalue weighted by atomic mass is 19.1. The molecule has 0 N–H and O–H groups in total. The van der Waals surface area contributed by atoms with Gasteiger partial charge >= 0.3 is 11.9 Å². The second-order valence-electron chi connectivity index (χ2n) is 5.95. The third-order valence-electron chi connectivity index (χ3n) is 4.11. The van der Waals surface area contributed by atoms with Crippen LogP contribution in [0.4, 0.5) is 4.39 Å². The maximum absolute atomic E-state index is 13.7. The Morgan fingerprint density at radius 2 is 1.33 bits per heavy atom. The van der Waals surface area contributed by atoms with Crippen LogP contribution in [-0.4, -0.2) is 19.0 Å². The van der Waals surface area contributed by atoms with E-state index in [1.807, 2.05) is 6.07 Å². The van der Waals surface area contributed by atoms with Gasteiger partial charge in [-0.15, -0.1) is 0 Å². The number of halogens is 1. The van der Waals surface area contributed by atoms with Gasteiger partial charge in [0, 0.05) is 0 Å². The molecule has 0 saturated carbocycles. The van der Waals surface area contributed by atoms with Crippen molar-refractivity contribution in [2.75, 3.05) is 7.11 Å². The van der Waals surface area contributed by atoms with Crippen LogP contribution in [0.3, 0.4) is 0 Å². The molecule has 0 saturated heterocycles. The predicted octanol–water partition coefficient (Wildman–Crippen LogP) is 4.81. The van der Waals surface area contributed by atoms with Crippen LogP contribution in [0.1, 0.15) is 26.3 Å². The van der Waals surface area contributed by atoms with Gasteiger partial charge in [-0.2, -0.15) is 0 Å². The Labute approximate surface area is 156 Å². The Morgan fingerprint density at radius 3 is 1.93 bits per heavy atom. The van der Waals surface area contributed by atoms with Crippen LogP contribution in [0.2, 0.25) is 0 Å². The fourth-order valence-electron chi connectivity index (χ4n) is 2.51. The molecule has 3 rings (SSSR count). The van der Waals surface area contributed by atoms with E-state index in [1.54, 1.807) is 37.3 Å². The molecule has 4 nitrogen and oxygen atoms in total. The zero-order valence-corrected chi connectivity index (χ0v) is 14.9. The molecule has 3 aromatic carbocycles. The molecule has 0 unspecified atom stereocenters. The van der Waals surface area contributed by atoms with Crippen molar-refractivity contribution < 1.29 is 23.5 Å². The minimum Gasteiger partial charge on any atom is -0.465 e. The van der Waals surface area contributed by atoms with Gasteiger partial charge in [0.25, 0.3) is 0 Å². The van der Waals surface area contributed by atoms with Crippen LogP contribution in [0.5, 0.6) is 5.75 Å². The van der Waals surface area contributed by atoms with Gasteiger partial charge in [0.05, 0.1) is 18.2 Å². The molecule has 0 aliphatic carbocycles. The number of aryl methyl sites for hydroxylation is 1. The summed E-state index contributed by atoms with van der Waals surface area (Å²) in [6, 6.07) is 17.8. The summed E-state index contributed by atoms with van der Waals surface area (Å²) in [5.74, 6) is -0.942. The molecule has 0 atom stereocenters. The highest BCUT2D eigenvalue weighted by Gasteiger charge is 2.11. The molecule has 0 aliphatic rings. The largest absolute Gasteiger partial charge is 0.465 e. The summed E-state index contributed by atoms with van der Waals surface area (Å²) < 4.78 is 23.6. The monoisotopic (exact) mass is 364 g/mol. The smallest absolute Gasteiger partial charge is 0.343 e. The fourth-order valence-corrected chi connectivity index (χ4v) is 2.51. The predicted molar refractivity (Wildman–Crippen MR) is 99.3 cm³/mol. The second-order valence-corrected chi connectivity index (χ2v) is 5.95. The van der Waals surface area contributed by atoms with Gasteiger partial charge in [0.1, 0.15) is 11.6 Å². The summed E-state index contributed by atoms with van der Waals surface area (Å²) in [6.45, 7) is 1.70. The third-order valence-corrected chi connectivity index (χ3v) is 4.11. The number of carbonyl (C=O) groups excluding carboxylic acids is 2. The van der Waals surface area contributed by atoms with E-state index in [9.17, 15) is 14.0 Å². The van der Waals surface area contributed by atoms with Crippen molar-refractivity contribution >= 4 is 11.9 Å². The van der Waals surface area contributed by atoms with Gasteiger partial charge in [-0.25, -0.2) is 14.0 Å². The first kappa shape index (κ1) is 18.3. The molecule has 3 aromatic rings. The van der Waals surface area contributed by atoms with Crippen molar-refractivity contribution in [3.8, 4) is 16.9 Å². The maximum atomic E-state index is 13.7. The van der Waals surface area contributed by atoms with Gasteiger partial charge < -0.3 is 9.47 Å². The molecule has 0 fully saturated rings. The summed E-state index contributed by atoms with van der Waals surface area (Å²) in [6.07, 6.45) is 0. The maximum Gasteiger partial charge on any atom is 0.343 e. The van der Waals surface area contributed by atoms with Crippen LogP contribution in [0, 0.1) is 12.7 Å². The van der Waals surface area contributed by atoms with E-state index in [0.29, 0.717) is 22.4 Å². The first-order chi connectivity index (χ1) is 13.0. The first-order valence-electron chi connectivity index (χ1n) is 8.25. The van der Waals surface area contributed by atoms with Crippen molar-refractivity contribution in [1.29, 1.82) is 0 Å².